The molecule has 0 aliphatic carbocycles. The molecule has 88 valence electrons. The summed E-state index contributed by atoms with van der Waals surface area (Å²) in [5, 5.41) is 5.87. The fraction of sp³-hybridized carbons (Fsp3) is 0.333. The molecule has 1 aliphatic rings. The Balaban J connectivity index is 1.72. The summed E-state index contributed by atoms with van der Waals surface area (Å²) in [5.41, 5.74) is 0. The number of fused-ring (bicyclic) bond motifs is 1. The Morgan fingerprint density at radius 3 is 2.82 bits per heavy atom. The molecule has 0 aromatic heterocycles. The van der Waals surface area contributed by atoms with Crippen LogP contribution < -0.4 is 10.1 Å². The average molecular weight is 227 g/mol. The Labute approximate surface area is 102 Å². The predicted octanol–water partition coefficient (Wildman–Crippen LogP) is 2.83. The molecule has 2 aromatic carbocycles. The van der Waals surface area contributed by atoms with Crippen LogP contribution in [0.3, 0.4) is 0 Å². The van der Waals surface area contributed by atoms with Crippen LogP contribution in [0, 0.1) is 5.92 Å². The number of hydrogen-bond donors (Lipinski definition) is 1. The van der Waals surface area contributed by atoms with Crippen molar-refractivity contribution in [1.82, 2.24) is 5.32 Å². The topological polar surface area (TPSA) is 21.3 Å². The lowest BCUT2D eigenvalue weighted by atomic mass is 10.1. The van der Waals surface area contributed by atoms with Gasteiger partial charge in [0.25, 0.3) is 0 Å². The van der Waals surface area contributed by atoms with E-state index in [0.717, 1.165) is 25.4 Å². The van der Waals surface area contributed by atoms with Gasteiger partial charge in [-0.1, -0.05) is 30.3 Å². The molecule has 0 radical (unpaired) electrons. The van der Waals surface area contributed by atoms with Gasteiger partial charge in [-0.25, -0.2) is 0 Å². The van der Waals surface area contributed by atoms with Crippen LogP contribution in [0.25, 0.3) is 10.8 Å². The zero-order valence-electron chi connectivity index (χ0n) is 9.86. The third-order valence-electron chi connectivity index (χ3n) is 3.37. The molecule has 2 heteroatoms. The van der Waals surface area contributed by atoms with Crippen LogP contribution in [0.1, 0.15) is 6.42 Å². The van der Waals surface area contributed by atoms with Gasteiger partial charge in [0.2, 0.25) is 0 Å². The molecule has 1 fully saturated rings. The quantitative estimate of drug-likeness (QED) is 0.870. The normalized spacial score (nSPS) is 19.6. The number of hydrogen-bond acceptors (Lipinski definition) is 2. The van der Waals surface area contributed by atoms with Gasteiger partial charge < -0.3 is 10.1 Å². The van der Waals surface area contributed by atoms with Gasteiger partial charge in [-0.3, -0.25) is 0 Å². The average Bonchev–Trinajstić information content (AvgIpc) is 2.89. The van der Waals surface area contributed by atoms with Gasteiger partial charge >= 0.3 is 0 Å². The van der Waals surface area contributed by atoms with Gasteiger partial charge in [-0.2, -0.15) is 0 Å². The molecule has 3 rings (SSSR count). The van der Waals surface area contributed by atoms with E-state index < -0.39 is 0 Å². The molecule has 0 spiro atoms. The van der Waals surface area contributed by atoms with Crippen molar-refractivity contribution in [1.29, 1.82) is 0 Å². The molecule has 2 aromatic rings. The van der Waals surface area contributed by atoms with E-state index in [4.69, 9.17) is 4.74 Å². The highest BCUT2D eigenvalue weighted by molar-refractivity contribution is 5.83. The first-order chi connectivity index (χ1) is 8.42. The molecule has 1 atom stereocenters. The highest BCUT2D eigenvalue weighted by Gasteiger charge is 2.14. The minimum atomic E-state index is 0.668. The van der Waals surface area contributed by atoms with Crippen LogP contribution in [0.4, 0.5) is 0 Å². The molecule has 1 saturated heterocycles. The number of benzene rings is 2. The van der Waals surface area contributed by atoms with E-state index >= 15 is 0 Å². The number of nitrogens with one attached hydrogen (secondary N) is 1. The maximum Gasteiger partial charge on any atom is 0.119 e. The van der Waals surface area contributed by atoms with Gasteiger partial charge in [-0.15, -0.1) is 0 Å². The highest BCUT2D eigenvalue weighted by atomic mass is 16.5. The van der Waals surface area contributed by atoms with E-state index in [1.807, 2.05) is 0 Å². The van der Waals surface area contributed by atoms with E-state index in [-0.39, 0.29) is 0 Å². The first-order valence-corrected chi connectivity index (χ1v) is 6.24. The SMILES string of the molecule is c1ccc2cc(OC[C@H]3CCNC3)ccc2c1. The van der Waals surface area contributed by atoms with E-state index in [1.54, 1.807) is 0 Å². The van der Waals surface area contributed by atoms with Gasteiger partial charge in [-0.05, 0) is 35.9 Å². The van der Waals surface area contributed by atoms with E-state index in [2.05, 4.69) is 47.8 Å². The van der Waals surface area contributed by atoms with Crippen LogP contribution in [0.2, 0.25) is 0 Å². The molecule has 2 nitrogen and oxygen atoms in total. The number of ether oxygens (including phenoxy) is 1. The first-order valence-electron chi connectivity index (χ1n) is 6.24. The second-order valence-corrected chi connectivity index (χ2v) is 4.68. The Kier molecular flexibility index (Phi) is 2.97. The van der Waals surface area contributed by atoms with E-state index in [0.29, 0.717) is 5.92 Å². The summed E-state index contributed by atoms with van der Waals surface area (Å²) in [7, 11) is 0. The second-order valence-electron chi connectivity index (χ2n) is 4.68. The largest absolute Gasteiger partial charge is 0.493 e. The van der Waals surface area contributed by atoms with Crippen molar-refractivity contribution >= 4 is 10.8 Å². The molecule has 17 heavy (non-hydrogen) atoms. The second kappa shape index (κ2) is 4.76. The third-order valence-corrected chi connectivity index (χ3v) is 3.37. The summed E-state index contributed by atoms with van der Waals surface area (Å²) < 4.78 is 5.86. The Morgan fingerprint density at radius 2 is 2.00 bits per heavy atom. The molecular formula is C15H17NO. The van der Waals surface area contributed by atoms with Crippen molar-refractivity contribution in [2.24, 2.45) is 5.92 Å². The fourth-order valence-electron chi connectivity index (χ4n) is 2.33. The van der Waals surface area contributed by atoms with Crippen LogP contribution in [0.15, 0.2) is 42.5 Å². The molecular weight excluding hydrogens is 210 g/mol. The summed E-state index contributed by atoms with van der Waals surface area (Å²) in [5.74, 6) is 1.65. The van der Waals surface area contributed by atoms with Crippen molar-refractivity contribution < 1.29 is 4.74 Å². The van der Waals surface area contributed by atoms with Crippen molar-refractivity contribution in [3.8, 4) is 5.75 Å². The fourth-order valence-corrected chi connectivity index (χ4v) is 2.33. The molecule has 0 bridgehead atoms. The van der Waals surface area contributed by atoms with E-state index in [1.165, 1.54) is 17.2 Å². The zero-order chi connectivity index (χ0) is 11.5. The Hall–Kier alpha value is -1.54. The van der Waals surface area contributed by atoms with Crippen LogP contribution in [0.5, 0.6) is 5.75 Å². The lowest BCUT2D eigenvalue weighted by molar-refractivity contribution is 0.260. The standard InChI is InChI=1S/C15H17NO/c1-2-4-14-9-15(6-5-13(14)3-1)17-11-12-7-8-16-10-12/h1-6,9,12,16H,7-8,10-11H2/t12-/m0/s1. The summed E-state index contributed by atoms with van der Waals surface area (Å²) in [6.45, 7) is 3.05. The summed E-state index contributed by atoms with van der Waals surface area (Å²) >= 11 is 0. The minimum Gasteiger partial charge on any atom is -0.493 e. The van der Waals surface area contributed by atoms with Gasteiger partial charge in [0.05, 0.1) is 6.61 Å². The monoisotopic (exact) mass is 227 g/mol. The highest BCUT2D eigenvalue weighted by Crippen LogP contribution is 2.21. The van der Waals surface area contributed by atoms with Crippen molar-refractivity contribution in [2.45, 2.75) is 6.42 Å². The van der Waals surface area contributed by atoms with Gasteiger partial charge in [0.1, 0.15) is 5.75 Å². The molecule has 1 aliphatic heterocycles. The van der Waals surface area contributed by atoms with Gasteiger partial charge in [0, 0.05) is 12.5 Å². The Morgan fingerprint density at radius 1 is 1.12 bits per heavy atom. The predicted molar refractivity (Wildman–Crippen MR) is 70.4 cm³/mol. The van der Waals surface area contributed by atoms with Gasteiger partial charge in [0.15, 0.2) is 0 Å². The van der Waals surface area contributed by atoms with Crippen LogP contribution in [-0.2, 0) is 0 Å². The first kappa shape index (κ1) is 10.6. The molecule has 1 N–H and O–H groups in total. The molecule has 0 amide bonds. The summed E-state index contributed by atoms with van der Waals surface area (Å²) in [4.78, 5) is 0. The summed E-state index contributed by atoms with van der Waals surface area (Å²) in [6.07, 6.45) is 1.23. The van der Waals surface area contributed by atoms with Crippen LogP contribution >= 0.6 is 0 Å². The van der Waals surface area contributed by atoms with Crippen molar-refractivity contribution in [3.63, 3.8) is 0 Å². The minimum absolute atomic E-state index is 0.668. The Bertz CT molecular complexity index is 503. The lowest BCUT2D eigenvalue weighted by Crippen LogP contribution is -2.15. The molecule has 1 heterocycles. The zero-order valence-corrected chi connectivity index (χ0v) is 9.86. The lowest BCUT2D eigenvalue weighted by Gasteiger charge is -2.11. The molecule has 0 saturated carbocycles. The van der Waals surface area contributed by atoms with Crippen LogP contribution in [-0.4, -0.2) is 19.7 Å². The number of rotatable bonds is 3. The third kappa shape index (κ3) is 2.42. The molecule has 0 unspecified atom stereocenters. The smallest absolute Gasteiger partial charge is 0.119 e. The maximum absolute atomic E-state index is 5.86. The van der Waals surface area contributed by atoms with Crippen molar-refractivity contribution in [3.05, 3.63) is 42.5 Å². The van der Waals surface area contributed by atoms with E-state index in [9.17, 15) is 0 Å². The summed E-state index contributed by atoms with van der Waals surface area (Å²) in [6, 6.07) is 14.7. The maximum atomic E-state index is 5.86. The van der Waals surface area contributed by atoms with Crippen molar-refractivity contribution in [2.75, 3.05) is 19.7 Å².